The molecule has 1 amide bonds. The van der Waals surface area contributed by atoms with E-state index in [0.29, 0.717) is 11.3 Å². The van der Waals surface area contributed by atoms with Crippen molar-refractivity contribution in [3.8, 4) is 0 Å². The van der Waals surface area contributed by atoms with Crippen LogP contribution >= 0.6 is 11.6 Å². The fourth-order valence-electron chi connectivity index (χ4n) is 2.92. The Kier molecular flexibility index (Phi) is 5.07. The number of nitrogens with one attached hydrogen (secondary N) is 1. The minimum absolute atomic E-state index is 0.0377. The van der Waals surface area contributed by atoms with Crippen LogP contribution in [0.3, 0.4) is 0 Å². The first-order valence-corrected chi connectivity index (χ1v) is 9.31. The van der Waals surface area contributed by atoms with Crippen molar-refractivity contribution >= 4 is 17.5 Å². The summed E-state index contributed by atoms with van der Waals surface area (Å²) >= 11 is 5.72. The zero-order valence-electron chi connectivity index (χ0n) is 19.4. The molecule has 1 fully saturated rings. The maximum atomic E-state index is 15.4. The highest BCUT2D eigenvalue weighted by Crippen LogP contribution is 2.27. The van der Waals surface area contributed by atoms with Crippen molar-refractivity contribution in [2.75, 3.05) is 19.6 Å². The number of carbonyl (C=O) groups excluding carboxylic acids is 1. The van der Waals surface area contributed by atoms with Crippen LogP contribution in [0.25, 0.3) is 0 Å². The molecule has 1 saturated heterocycles. The third-order valence-electron chi connectivity index (χ3n) is 4.64. The zero-order valence-corrected chi connectivity index (χ0v) is 16.2. The summed E-state index contributed by atoms with van der Waals surface area (Å²) in [7, 11) is 0. The minimum Gasteiger partial charge on any atom is -0.338 e. The molecule has 0 saturated carbocycles. The Balaban J connectivity index is 1.60. The number of aromatic nitrogens is 1. The summed E-state index contributed by atoms with van der Waals surface area (Å²) in [5, 5.41) is 2.70. The van der Waals surface area contributed by atoms with Crippen LogP contribution in [0.2, 0.25) is 5.02 Å². The van der Waals surface area contributed by atoms with E-state index in [1.165, 1.54) is 19.2 Å². The normalized spacial score (nSPS) is 24.1. The summed E-state index contributed by atoms with van der Waals surface area (Å²) in [5.74, 6) is -1.36. The first kappa shape index (κ1) is 15.8. The molecule has 3 rings (SSSR count). The number of hydrogen-bond donors (Lipinski definition) is 1. The van der Waals surface area contributed by atoms with Crippen LogP contribution in [-0.2, 0) is 12.9 Å². The molecule has 150 valence electrons. The number of pyridine rings is 1. The van der Waals surface area contributed by atoms with Gasteiger partial charge in [0.2, 0.25) is 0 Å². The van der Waals surface area contributed by atoms with Crippen molar-refractivity contribution in [3.63, 3.8) is 0 Å². The lowest BCUT2D eigenvalue weighted by molar-refractivity contribution is 0.0434. The van der Waals surface area contributed by atoms with Gasteiger partial charge in [-0.25, -0.2) is 8.78 Å². The number of rotatable bonds is 6. The first-order valence-electron chi connectivity index (χ1n) is 10.9. The molecule has 1 unspecified atom stereocenters. The van der Waals surface area contributed by atoms with Gasteiger partial charge in [-0.2, -0.15) is 0 Å². The number of nitrogens with zero attached hydrogens (tertiary/aromatic N) is 2. The van der Waals surface area contributed by atoms with E-state index in [1.54, 1.807) is 12.1 Å². The van der Waals surface area contributed by atoms with Crippen molar-refractivity contribution in [3.05, 3.63) is 64.2 Å². The first-order chi connectivity index (χ1) is 14.8. The summed E-state index contributed by atoms with van der Waals surface area (Å²) in [6, 6.07) is 6.67. The van der Waals surface area contributed by atoms with Gasteiger partial charge in [0.15, 0.2) is 0 Å². The molecule has 0 bridgehead atoms. The highest BCUT2D eigenvalue weighted by Gasteiger charge is 2.35. The Morgan fingerprint density at radius 3 is 2.89 bits per heavy atom. The Morgan fingerprint density at radius 2 is 2.25 bits per heavy atom. The van der Waals surface area contributed by atoms with Crippen LogP contribution in [0, 0.1) is 5.82 Å². The molecule has 1 aromatic heterocycles. The summed E-state index contributed by atoms with van der Waals surface area (Å²) < 4.78 is 60.6. The maximum Gasteiger partial charge on any atom is 0.253 e. The number of alkyl halides is 1. The van der Waals surface area contributed by atoms with Gasteiger partial charge in [-0.15, -0.1) is 0 Å². The van der Waals surface area contributed by atoms with Crippen molar-refractivity contribution < 1.29 is 19.1 Å². The lowest BCUT2D eigenvalue weighted by atomic mass is 9.92. The Bertz CT molecular complexity index is 988. The predicted octanol–water partition coefficient (Wildman–Crippen LogP) is 4.17. The number of halogens is 3. The highest BCUT2D eigenvalue weighted by atomic mass is 35.5. The van der Waals surface area contributed by atoms with E-state index in [-0.39, 0.29) is 36.6 Å². The Morgan fingerprint density at radius 1 is 1.43 bits per heavy atom. The van der Waals surface area contributed by atoms with E-state index in [4.69, 9.17) is 17.1 Å². The molecule has 4 nitrogen and oxygen atoms in total. The molecule has 0 aliphatic carbocycles. The van der Waals surface area contributed by atoms with Gasteiger partial charge in [-0.1, -0.05) is 24.6 Å². The van der Waals surface area contributed by atoms with Gasteiger partial charge in [0.05, 0.1) is 10.7 Å². The standard InChI is InChI=1S/C21H24ClF2N3O/c1-2-15-3-5-17(26-12-15)13-25-14-21(24)7-9-27(10-8-21)20(28)16-4-6-19(23)18(22)11-16/h3-6,11-12,25H,2,7-10,13-14H2,1H3/i2D2,9D2. The fraction of sp³-hybridized carbons (Fsp3) is 0.429. The molecule has 7 heteroatoms. The Hall–Kier alpha value is -2.05. The molecule has 0 spiro atoms. The van der Waals surface area contributed by atoms with Gasteiger partial charge >= 0.3 is 0 Å². The lowest BCUT2D eigenvalue weighted by Crippen LogP contribution is -2.48. The van der Waals surface area contributed by atoms with Crippen LogP contribution in [0.1, 0.15) is 46.9 Å². The average Bonchev–Trinajstić information content (AvgIpc) is 2.68. The van der Waals surface area contributed by atoms with Crippen LogP contribution in [0.15, 0.2) is 36.5 Å². The highest BCUT2D eigenvalue weighted by molar-refractivity contribution is 6.31. The molecule has 2 aromatic rings. The van der Waals surface area contributed by atoms with E-state index >= 15 is 4.39 Å². The van der Waals surface area contributed by atoms with Crippen molar-refractivity contribution in [1.82, 2.24) is 15.2 Å². The second-order valence-corrected chi connectivity index (χ2v) is 7.12. The van der Waals surface area contributed by atoms with Crippen LogP contribution < -0.4 is 5.32 Å². The topological polar surface area (TPSA) is 45.2 Å². The third-order valence-corrected chi connectivity index (χ3v) is 4.93. The molecule has 1 N–H and O–H groups in total. The monoisotopic (exact) mass is 411 g/mol. The summed E-state index contributed by atoms with van der Waals surface area (Å²) in [6.45, 7) is -0.839. The van der Waals surface area contributed by atoms with Gasteiger partial charge in [0.1, 0.15) is 11.5 Å². The minimum atomic E-state index is -2.24. The van der Waals surface area contributed by atoms with Crippen molar-refractivity contribution in [1.29, 1.82) is 0 Å². The number of aryl methyl sites for hydroxylation is 1. The summed E-state index contributed by atoms with van der Waals surface area (Å²) in [6.07, 6.45) is -0.649. The second-order valence-electron chi connectivity index (χ2n) is 6.71. The zero-order chi connectivity index (χ0) is 23.7. The SMILES string of the molecule is [2H]C([2H])(C)c1ccc(CNCC2(F)CCN(C(=O)c3ccc(F)c(Cl)c3)C([2H])([2H])C2)nc1. The molecule has 1 atom stereocenters. The molecule has 0 radical (unpaired) electrons. The number of amides is 1. The number of carbonyl (C=O) groups is 1. The second kappa shape index (κ2) is 8.97. The number of piperidine rings is 1. The number of benzene rings is 1. The largest absolute Gasteiger partial charge is 0.338 e. The van der Waals surface area contributed by atoms with E-state index in [1.807, 2.05) is 0 Å². The molecule has 1 aliphatic heterocycles. The molecule has 1 aromatic carbocycles. The van der Waals surface area contributed by atoms with Gasteiger partial charge in [0.25, 0.3) is 5.91 Å². The number of hydrogen-bond acceptors (Lipinski definition) is 3. The molecule has 28 heavy (non-hydrogen) atoms. The van der Waals surface area contributed by atoms with Crippen molar-refractivity contribution in [2.45, 2.75) is 38.4 Å². The van der Waals surface area contributed by atoms with E-state index in [2.05, 4.69) is 10.3 Å². The smallest absolute Gasteiger partial charge is 0.253 e. The molecule has 1 aliphatic rings. The van der Waals surface area contributed by atoms with E-state index in [9.17, 15) is 9.18 Å². The molecular formula is C21H24ClF2N3O. The van der Waals surface area contributed by atoms with Gasteiger partial charge < -0.3 is 10.2 Å². The van der Waals surface area contributed by atoms with E-state index in [0.717, 1.165) is 17.0 Å². The third kappa shape index (κ3) is 5.06. The fourth-order valence-corrected chi connectivity index (χ4v) is 3.10. The van der Waals surface area contributed by atoms with Gasteiger partial charge in [-0.05, 0) is 36.2 Å². The lowest BCUT2D eigenvalue weighted by Gasteiger charge is -2.36. The Labute approximate surface area is 174 Å². The van der Waals surface area contributed by atoms with E-state index < -0.39 is 36.7 Å². The average molecular weight is 412 g/mol. The van der Waals surface area contributed by atoms with Crippen LogP contribution in [-0.4, -0.2) is 41.0 Å². The predicted molar refractivity (Wildman–Crippen MR) is 106 cm³/mol. The number of likely N-dealkylation sites (tertiary alicyclic amines) is 1. The van der Waals surface area contributed by atoms with Crippen molar-refractivity contribution in [2.24, 2.45) is 0 Å². The quantitative estimate of drug-likeness (QED) is 0.775. The molecule has 2 heterocycles. The summed E-state index contributed by atoms with van der Waals surface area (Å²) in [5.41, 5.74) is -0.793. The van der Waals surface area contributed by atoms with Crippen LogP contribution in [0.5, 0.6) is 0 Å². The summed E-state index contributed by atoms with van der Waals surface area (Å²) in [4.78, 5) is 17.8. The van der Waals surface area contributed by atoms with Crippen LogP contribution in [0.4, 0.5) is 8.78 Å². The molecular weight excluding hydrogens is 384 g/mol. The van der Waals surface area contributed by atoms with Gasteiger partial charge in [-0.3, -0.25) is 9.78 Å². The van der Waals surface area contributed by atoms with Gasteiger partial charge in [0, 0.05) is 56.2 Å². The maximum absolute atomic E-state index is 15.4.